The molecular weight excluding hydrogens is 258 g/mol. The Balaban J connectivity index is 2.39. The zero-order chi connectivity index (χ0) is 15.0. The van der Waals surface area contributed by atoms with Gasteiger partial charge in [0.15, 0.2) is 0 Å². The lowest BCUT2D eigenvalue weighted by atomic mass is 10.1. The van der Waals surface area contributed by atoms with Gasteiger partial charge in [0.05, 0.1) is 13.0 Å². The minimum atomic E-state index is -0.849. The Labute approximate surface area is 118 Å². The molecular formula is C15H21NO4. The number of amides is 1. The maximum atomic E-state index is 11.8. The number of carbonyl (C=O) groups is 2. The van der Waals surface area contributed by atoms with Gasteiger partial charge in [0.25, 0.3) is 0 Å². The first kappa shape index (κ1) is 16.0. The van der Waals surface area contributed by atoms with E-state index in [0.717, 1.165) is 11.3 Å². The summed E-state index contributed by atoms with van der Waals surface area (Å²) in [5, 5.41) is 11.4. The Hall–Kier alpha value is -2.04. The van der Waals surface area contributed by atoms with Gasteiger partial charge in [0, 0.05) is 12.5 Å². The average Bonchev–Trinajstić information content (AvgIpc) is 2.39. The van der Waals surface area contributed by atoms with Gasteiger partial charge >= 0.3 is 5.97 Å². The van der Waals surface area contributed by atoms with E-state index in [1.807, 2.05) is 31.2 Å². The predicted molar refractivity (Wildman–Crippen MR) is 75.8 cm³/mol. The van der Waals surface area contributed by atoms with Gasteiger partial charge in [-0.3, -0.25) is 9.59 Å². The molecule has 0 aliphatic carbocycles. The average molecular weight is 279 g/mol. The van der Waals surface area contributed by atoms with Gasteiger partial charge in [-0.25, -0.2) is 0 Å². The Bertz CT molecular complexity index is 442. The van der Waals surface area contributed by atoms with Crippen molar-refractivity contribution in [3.63, 3.8) is 0 Å². The fraction of sp³-hybridized carbons (Fsp3) is 0.467. The number of hydrogen-bond donors (Lipinski definition) is 2. The topological polar surface area (TPSA) is 75.6 Å². The predicted octanol–water partition coefficient (Wildman–Crippen LogP) is 2.00. The molecule has 1 aromatic carbocycles. The van der Waals surface area contributed by atoms with Crippen molar-refractivity contribution in [2.45, 2.75) is 39.2 Å². The smallest absolute Gasteiger partial charge is 0.303 e. The van der Waals surface area contributed by atoms with Crippen molar-refractivity contribution >= 4 is 11.9 Å². The largest absolute Gasteiger partial charge is 0.494 e. The van der Waals surface area contributed by atoms with E-state index in [0.29, 0.717) is 13.0 Å². The van der Waals surface area contributed by atoms with Gasteiger partial charge < -0.3 is 15.2 Å². The van der Waals surface area contributed by atoms with E-state index in [2.05, 4.69) is 5.32 Å². The van der Waals surface area contributed by atoms with E-state index in [1.165, 1.54) is 0 Å². The lowest BCUT2D eigenvalue weighted by Gasteiger charge is -2.12. The third kappa shape index (κ3) is 6.22. The number of nitrogens with one attached hydrogen (secondary N) is 1. The summed E-state index contributed by atoms with van der Waals surface area (Å²) in [6.07, 6.45) is 0.776. The highest BCUT2D eigenvalue weighted by molar-refractivity contribution is 5.79. The minimum absolute atomic E-state index is 0.0600. The zero-order valence-electron chi connectivity index (χ0n) is 11.9. The first-order chi connectivity index (χ1) is 9.51. The first-order valence-corrected chi connectivity index (χ1v) is 6.74. The number of benzene rings is 1. The Morgan fingerprint density at radius 2 is 1.95 bits per heavy atom. The highest BCUT2D eigenvalue weighted by Gasteiger charge is 2.09. The van der Waals surface area contributed by atoms with Crippen LogP contribution in [0, 0.1) is 0 Å². The number of carboxylic acid groups (broad SMARTS) is 1. The summed E-state index contributed by atoms with van der Waals surface area (Å²) < 4.78 is 5.33. The van der Waals surface area contributed by atoms with E-state index < -0.39 is 5.97 Å². The first-order valence-electron chi connectivity index (χ1n) is 6.74. The molecule has 0 radical (unpaired) electrons. The van der Waals surface area contributed by atoms with Crippen LogP contribution in [0.1, 0.15) is 32.3 Å². The van der Waals surface area contributed by atoms with E-state index in [9.17, 15) is 9.59 Å². The van der Waals surface area contributed by atoms with Crippen LogP contribution in [0.2, 0.25) is 0 Å². The molecule has 0 aromatic heterocycles. The van der Waals surface area contributed by atoms with Gasteiger partial charge in [-0.1, -0.05) is 12.1 Å². The molecule has 0 fully saturated rings. The van der Waals surface area contributed by atoms with Crippen molar-refractivity contribution in [3.05, 3.63) is 29.8 Å². The standard InChI is InChI=1S/C15H21NO4/c1-3-20-13-7-5-12(6-8-13)10-14(17)16-11(2)4-9-15(18)19/h5-8,11H,3-4,9-10H2,1-2H3,(H,16,17)(H,18,19). The maximum Gasteiger partial charge on any atom is 0.303 e. The summed E-state index contributed by atoms with van der Waals surface area (Å²) in [6, 6.07) is 7.24. The molecule has 0 saturated carbocycles. The van der Waals surface area contributed by atoms with Crippen molar-refractivity contribution < 1.29 is 19.4 Å². The second-order valence-electron chi connectivity index (χ2n) is 4.65. The molecule has 5 nitrogen and oxygen atoms in total. The second-order valence-corrected chi connectivity index (χ2v) is 4.65. The Morgan fingerprint density at radius 3 is 2.50 bits per heavy atom. The van der Waals surface area contributed by atoms with Gasteiger partial charge in [-0.05, 0) is 38.0 Å². The summed E-state index contributed by atoms with van der Waals surface area (Å²) in [4.78, 5) is 22.2. The fourth-order valence-electron chi connectivity index (χ4n) is 1.79. The molecule has 0 bridgehead atoms. The molecule has 110 valence electrons. The number of ether oxygens (including phenoxy) is 1. The normalized spacial score (nSPS) is 11.7. The van der Waals surface area contributed by atoms with E-state index >= 15 is 0 Å². The molecule has 5 heteroatoms. The highest BCUT2D eigenvalue weighted by Crippen LogP contribution is 2.12. The quantitative estimate of drug-likeness (QED) is 0.763. The number of rotatable bonds is 8. The summed E-state index contributed by atoms with van der Waals surface area (Å²) in [5.74, 6) is -0.170. The van der Waals surface area contributed by atoms with Crippen LogP contribution in [0.5, 0.6) is 5.75 Å². The van der Waals surface area contributed by atoms with Gasteiger partial charge in [0.1, 0.15) is 5.75 Å². The maximum absolute atomic E-state index is 11.8. The van der Waals surface area contributed by atoms with Gasteiger partial charge in [0.2, 0.25) is 5.91 Å². The number of carboxylic acids is 1. The monoisotopic (exact) mass is 279 g/mol. The second kappa shape index (κ2) is 8.19. The minimum Gasteiger partial charge on any atom is -0.494 e. The molecule has 0 aliphatic rings. The molecule has 0 aliphatic heterocycles. The molecule has 1 amide bonds. The van der Waals surface area contributed by atoms with Gasteiger partial charge in [-0.15, -0.1) is 0 Å². The van der Waals surface area contributed by atoms with Crippen molar-refractivity contribution in [1.82, 2.24) is 5.32 Å². The van der Waals surface area contributed by atoms with Crippen molar-refractivity contribution in [2.75, 3.05) is 6.61 Å². The molecule has 20 heavy (non-hydrogen) atoms. The van der Waals surface area contributed by atoms with E-state index in [4.69, 9.17) is 9.84 Å². The molecule has 1 unspecified atom stereocenters. The van der Waals surface area contributed by atoms with Crippen LogP contribution < -0.4 is 10.1 Å². The number of aliphatic carboxylic acids is 1. The molecule has 1 rings (SSSR count). The number of hydrogen-bond acceptors (Lipinski definition) is 3. The molecule has 2 N–H and O–H groups in total. The summed E-state index contributed by atoms with van der Waals surface area (Å²) in [6.45, 7) is 4.33. The molecule has 1 aromatic rings. The third-order valence-electron chi connectivity index (χ3n) is 2.80. The Kier molecular flexibility index (Phi) is 6.56. The molecule has 1 atom stereocenters. The SMILES string of the molecule is CCOc1ccc(CC(=O)NC(C)CCC(=O)O)cc1. The fourth-order valence-corrected chi connectivity index (χ4v) is 1.79. The molecule has 0 saturated heterocycles. The molecule has 0 spiro atoms. The lowest BCUT2D eigenvalue weighted by Crippen LogP contribution is -2.34. The number of carbonyl (C=O) groups excluding carboxylic acids is 1. The van der Waals surface area contributed by atoms with Crippen LogP contribution in [0.3, 0.4) is 0 Å². The van der Waals surface area contributed by atoms with Crippen molar-refractivity contribution in [3.8, 4) is 5.75 Å². The van der Waals surface area contributed by atoms with Crippen molar-refractivity contribution in [2.24, 2.45) is 0 Å². The van der Waals surface area contributed by atoms with Gasteiger partial charge in [-0.2, -0.15) is 0 Å². The van der Waals surface area contributed by atoms with Crippen LogP contribution in [0.25, 0.3) is 0 Å². The van der Waals surface area contributed by atoms with Crippen LogP contribution in [-0.4, -0.2) is 29.6 Å². The summed E-state index contributed by atoms with van der Waals surface area (Å²) in [5.41, 5.74) is 0.899. The molecule has 0 heterocycles. The lowest BCUT2D eigenvalue weighted by molar-refractivity contribution is -0.137. The van der Waals surface area contributed by atoms with E-state index in [1.54, 1.807) is 6.92 Å². The van der Waals surface area contributed by atoms with Crippen molar-refractivity contribution in [1.29, 1.82) is 0 Å². The van der Waals surface area contributed by atoms with Crippen LogP contribution in [0.4, 0.5) is 0 Å². The third-order valence-corrected chi connectivity index (χ3v) is 2.80. The highest BCUT2D eigenvalue weighted by atomic mass is 16.5. The summed E-state index contributed by atoms with van der Waals surface area (Å²) in [7, 11) is 0. The Morgan fingerprint density at radius 1 is 1.30 bits per heavy atom. The van der Waals surface area contributed by atoms with Crippen LogP contribution in [-0.2, 0) is 16.0 Å². The van der Waals surface area contributed by atoms with Crippen LogP contribution in [0.15, 0.2) is 24.3 Å². The van der Waals surface area contributed by atoms with E-state index in [-0.39, 0.29) is 24.8 Å². The summed E-state index contributed by atoms with van der Waals surface area (Å²) >= 11 is 0. The zero-order valence-corrected chi connectivity index (χ0v) is 11.9. The van der Waals surface area contributed by atoms with Crippen LogP contribution >= 0.6 is 0 Å².